The maximum Gasteiger partial charge on any atom is 0.165 e. The predicted molar refractivity (Wildman–Crippen MR) is 52.7 cm³/mol. The van der Waals surface area contributed by atoms with Gasteiger partial charge >= 0.3 is 0 Å². The number of carbonyl (C=O) groups excluding carboxylic acids is 1. The first-order valence-electron chi connectivity index (χ1n) is 4.14. The number of aromatic hydroxyl groups is 1. The SMILES string of the molecule is Nc1ccc2c(c1O)S(=O)CCC2=O. The number of phenolic OH excluding ortho intramolecular Hbond substituents is 1. The zero-order valence-electron chi connectivity index (χ0n) is 7.32. The number of anilines is 1. The van der Waals surface area contributed by atoms with Crippen LogP contribution in [0.4, 0.5) is 5.69 Å². The normalized spacial score (nSPS) is 20.6. The zero-order chi connectivity index (χ0) is 10.3. The molecule has 5 heteroatoms. The zero-order valence-corrected chi connectivity index (χ0v) is 8.13. The fourth-order valence-electron chi connectivity index (χ4n) is 1.46. The lowest BCUT2D eigenvalue weighted by Gasteiger charge is -2.16. The molecule has 0 saturated heterocycles. The van der Waals surface area contributed by atoms with Gasteiger partial charge in [-0.3, -0.25) is 9.00 Å². The maximum atomic E-state index is 11.5. The van der Waals surface area contributed by atoms with Crippen LogP contribution in [0.1, 0.15) is 16.8 Å². The van der Waals surface area contributed by atoms with Gasteiger partial charge in [-0.1, -0.05) is 0 Å². The van der Waals surface area contributed by atoms with Crippen molar-refractivity contribution in [2.75, 3.05) is 11.5 Å². The molecule has 1 unspecified atom stereocenters. The van der Waals surface area contributed by atoms with Crippen LogP contribution in [0.25, 0.3) is 0 Å². The highest BCUT2D eigenvalue weighted by Gasteiger charge is 2.26. The molecule has 0 fully saturated rings. The predicted octanol–water partition coefficient (Wildman–Crippen LogP) is 0.668. The van der Waals surface area contributed by atoms with Gasteiger partial charge in [-0.25, -0.2) is 0 Å². The van der Waals surface area contributed by atoms with Gasteiger partial charge in [0.15, 0.2) is 11.5 Å². The number of hydrogen-bond acceptors (Lipinski definition) is 4. The van der Waals surface area contributed by atoms with E-state index < -0.39 is 10.8 Å². The second-order valence-corrected chi connectivity index (χ2v) is 4.61. The molecule has 1 heterocycles. The molecule has 0 saturated carbocycles. The molecule has 0 radical (unpaired) electrons. The number of phenols is 1. The van der Waals surface area contributed by atoms with Gasteiger partial charge in [0.2, 0.25) is 0 Å². The monoisotopic (exact) mass is 211 g/mol. The van der Waals surface area contributed by atoms with E-state index in [0.29, 0.717) is 5.56 Å². The van der Waals surface area contributed by atoms with Crippen molar-refractivity contribution in [2.24, 2.45) is 0 Å². The molecule has 0 aromatic heterocycles. The molecule has 0 bridgehead atoms. The Morgan fingerprint density at radius 1 is 1.43 bits per heavy atom. The van der Waals surface area contributed by atoms with Crippen molar-refractivity contribution in [3.63, 3.8) is 0 Å². The van der Waals surface area contributed by atoms with Gasteiger partial charge < -0.3 is 10.8 Å². The third-order valence-corrected chi connectivity index (χ3v) is 3.65. The summed E-state index contributed by atoms with van der Waals surface area (Å²) in [5, 5.41) is 9.56. The molecule has 1 aromatic carbocycles. The van der Waals surface area contributed by atoms with E-state index in [0.717, 1.165) is 0 Å². The number of nitrogens with two attached hydrogens (primary N) is 1. The molecule has 74 valence electrons. The van der Waals surface area contributed by atoms with Gasteiger partial charge in [-0.15, -0.1) is 0 Å². The maximum absolute atomic E-state index is 11.5. The van der Waals surface area contributed by atoms with Crippen LogP contribution in [0.2, 0.25) is 0 Å². The third-order valence-electron chi connectivity index (χ3n) is 2.21. The highest BCUT2D eigenvalue weighted by molar-refractivity contribution is 7.85. The van der Waals surface area contributed by atoms with E-state index in [1.54, 1.807) is 0 Å². The van der Waals surface area contributed by atoms with Crippen LogP contribution in [0.5, 0.6) is 5.75 Å². The lowest BCUT2D eigenvalue weighted by atomic mass is 10.1. The molecule has 1 aliphatic heterocycles. The number of carbonyl (C=O) groups is 1. The van der Waals surface area contributed by atoms with Gasteiger partial charge in [0.1, 0.15) is 0 Å². The van der Waals surface area contributed by atoms with Crippen molar-refractivity contribution in [3.05, 3.63) is 17.7 Å². The Morgan fingerprint density at radius 3 is 2.86 bits per heavy atom. The van der Waals surface area contributed by atoms with Crippen molar-refractivity contribution in [1.29, 1.82) is 0 Å². The average Bonchev–Trinajstić information content (AvgIpc) is 2.16. The Labute approximate surface area is 83.2 Å². The summed E-state index contributed by atoms with van der Waals surface area (Å²) in [4.78, 5) is 11.6. The molecular weight excluding hydrogens is 202 g/mol. The Bertz CT molecular complexity index is 442. The largest absolute Gasteiger partial charge is 0.505 e. The van der Waals surface area contributed by atoms with E-state index in [1.165, 1.54) is 12.1 Å². The summed E-state index contributed by atoms with van der Waals surface area (Å²) in [6, 6.07) is 2.97. The lowest BCUT2D eigenvalue weighted by Crippen LogP contribution is -2.17. The van der Waals surface area contributed by atoms with Crippen LogP contribution in [-0.4, -0.2) is 20.9 Å². The summed E-state index contributed by atoms with van der Waals surface area (Å²) in [5.41, 5.74) is 5.95. The minimum Gasteiger partial charge on any atom is -0.505 e. The van der Waals surface area contributed by atoms with Gasteiger partial charge in [0.05, 0.1) is 21.4 Å². The summed E-state index contributed by atoms with van der Waals surface area (Å²) < 4.78 is 11.5. The van der Waals surface area contributed by atoms with Crippen LogP contribution in [-0.2, 0) is 10.8 Å². The van der Waals surface area contributed by atoms with Gasteiger partial charge in [-0.2, -0.15) is 0 Å². The lowest BCUT2D eigenvalue weighted by molar-refractivity contribution is 0.0983. The quantitative estimate of drug-likeness (QED) is 0.488. The van der Waals surface area contributed by atoms with Crippen molar-refractivity contribution in [1.82, 2.24) is 0 Å². The summed E-state index contributed by atoms with van der Waals surface area (Å²) in [7, 11) is -1.31. The number of nitrogen functional groups attached to an aromatic ring is 1. The van der Waals surface area contributed by atoms with Crippen molar-refractivity contribution in [3.8, 4) is 5.75 Å². The summed E-state index contributed by atoms with van der Waals surface area (Å²) in [5.74, 6) is -0.0353. The highest BCUT2D eigenvalue weighted by Crippen LogP contribution is 2.34. The van der Waals surface area contributed by atoms with Gasteiger partial charge in [-0.05, 0) is 12.1 Å². The Balaban J connectivity index is 2.73. The molecule has 0 aliphatic carbocycles. The van der Waals surface area contributed by atoms with E-state index in [1.807, 2.05) is 0 Å². The molecule has 3 N–H and O–H groups in total. The topological polar surface area (TPSA) is 80.4 Å². The van der Waals surface area contributed by atoms with Crippen LogP contribution < -0.4 is 5.73 Å². The molecule has 2 rings (SSSR count). The van der Waals surface area contributed by atoms with E-state index >= 15 is 0 Å². The fraction of sp³-hybridized carbons (Fsp3) is 0.222. The Hall–Kier alpha value is -1.36. The molecule has 0 amide bonds. The Morgan fingerprint density at radius 2 is 2.14 bits per heavy atom. The molecule has 1 aliphatic rings. The first-order chi connectivity index (χ1) is 6.61. The number of hydrogen-bond donors (Lipinski definition) is 2. The van der Waals surface area contributed by atoms with E-state index in [9.17, 15) is 14.1 Å². The molecular formula is C9H9NO3S. The van der Waals surface area contributed by atoms with Crippen LogP contribution >= 0.6 is 0 Å². The highest BCUT2D eigenvalue weighted by atomic mass is 32.2. The fourth-order valence-corrected chi connectivity index (χ4v) is 2.79. The minimum atomic E-state index is -1.31. The number of Topliss-reactive ketones (excluding diaryl/α,β-unsaturated/α-hetero) is 1. The molecule has 1 atom stereocenters. The first-order valence-corrected chi connectivity index (χ1v) is 5.46. The smallest absolute Gasteiger partial charge is 0.165 e. The molecule has 0 spiro atoms. The summed E-state index contributed by atoms with van der Waals surface area (Å²) in [6.07, 6.45) is 0.267. The van der Waals surface area contributed by atoms with E-state index in [4.69, 9.17) is 5.73 Å². The molecule has 14 heavy (non-hydrogen) atoms. The number of benzene rings is 1. The van der Waals surface area contributed by atoms with E-state index in [2.05, 4.69) is 0 Å². The summed E-state index contributed by atoms with van der Waals surface area (Å²) in [6.45, 7) is 0. The van der Waals surface area contributed by atoms with Crippen LogP contribution in [0.3, 0.4) is 0 Å². The second-order valence-electron chi connectivity index (χ2n) is 3.10. The second kappa shape index (κ2) is 3.09. The average molecular weight is 211 g/mol. The minimum absolute atomic E-state index is 0.0881. The number of ketones is 1. The first kappa shape index (κ1) is 9.21. The van der Waals surface area contributed by atoms with Crippen molar-refractivity contribution in [2.45, 2.75) is 11.3 Å². The Kier molecular flexibility index (Phi) is 2.03. The van der Waals surface area contributed by atoms with Gasteiger partial charge in [0.25, 0.3) is 0 Å². The molecule has 4 nitrogen and oxygen atoms in total. The third kappa shape index (κ3) is 1.21. The van der Waals surface area contributed by atoms with Crippen LogP contribution in [0, 0.1) is 0 Å². The van der Waals surface area contributed by atoms with Crippen LogP contribution in [0.15, 0.2) is 17.0 Å². The standard InChI is InChI=1S/C9H9NO3S/c10-6-2-1-5-7(11)3-4-14(13)9(5)8(6)12/h1-2,12H,3-4,10H2. The summed E-state index contributed by atoms with van der Waals surface area (Å²) >= 11 is 0. The van der Waals surface area contributed by atoms with E-state index in [-0.39, 0.29) is 34.3 Å². The number of fused-ring (bicyclic) bond motifs is 1. The molecule has 1 aromatic rings. The van der Waals surface area contributed by atoms with Crippen molar-refractivity contribution < 1.29 is 14.1 Å². The van der Waals surface area contributed by atoms with Gasteiger partial charge in [0, 0.05) is 17.7 Å². The number of rotatable bonds is 0. The van der Waals surface area contributed by atoms with Crippen molar-refractivity contribution >= 4 is 22.3 Å².